The van der Waals surface area contributed by atoms with Crippen LogP contribution < -0.4 is 0 Å². The third-order valence-corrected chi connectivity index (χ3v) is 3.60. The second-order valence-corrected chi connectivity index (χ2v) is 4.53. The van der Waals surface area contributed by atoms with Gasteiger partial charge in [-0.25, -0.2) is 0 Å². The molecule has 2 atom stereocenters. The van der Waals surface area contributed by atoms with Gasteiger partial charge in [-0.05, 0) is 30.9 Å². The molecule has 2 aliphatic rings. The van der Waals surface area contributed by atoms with Gasteiger partial charge in [-0.15, -0.1) is 0 Å². The van der Waals surface area contributed by atoms with Gasteiger partial charge in [-0.2, -0.15) is 0 Å². The fourth-order valence-corrected chi connectivity index (χ4v) is 2.67. The molecule has 3 rings (SSSR count). The lowest BCUT2D eigenvalue weighted by Crippen LogP contribution is -2.49. The Balaban J connectivity index is 2.09. The van der Waals surface area contributed by atoms with Gasteiger partial charge in [0.05, 0.1) is 18.6 Å². The molecule has 0 aliphatic heterocycles. The van der Waals surface area contributed by atoms with Gasteiger partial charge in [0.25, 0.3) is 0 Å². The first-order chi connectivity index (χ1) is 7.20. The smallest absolute Gasteiger partial charge is 0.116 e. The number of aliphatic hydroxyl groups excluding tert-OH is 1. The molecule has 1 saturated carbocycles. The summed E-state index contributed by atoms with van der Waals surface area (Å²) in [5.41, 5.74) is 1.94. The zero-order chi connectivity index (χ0) is 10.5. The average molecular weight is 206 g/mol. The molecule has 0 saturated heterocycles. The molecule has 3 nitrogen and oxygen atoms in total. The van der Waals surface area contributed by atoms with Crippen LogP contribution in [0.4, 0.5) is 0 Å². The standard InChI is InChI=1S/C12H14O3/c13-11-3-1-2-10-4-8-6-15-7-9(8)5-12(10,11)14/h4,6-7,11,13-14H,1-3,5H2/t11-,12-/m0/s1. The lowest BCUT2D eigenvalue weighted by Gasteiger charge is -2.41. The monoisotopic (exact) mass is 206 g/mol. The summed E-state index contributed by atoms with van der Waals surface area (Å²) in [6.45, 7) is 0. The molecule has 0 unspecified atom stereocenters. The van der Waals surface area contributed by atoms with Crippen molar-refractivity contribution in [2.75, 3.05) is 0 Å². The van der Waals surface area contributed by atoms with Crippen molar-refractivity contribution in [2.24, 2.45) is 0 Å². The molecule has 0 radical (unpaired) electrons. The van der Waals surface area contributed by atoms with Gasteiger partial charge >= 0.3 is 0 Å². The van der Waals surface area contributed by atoms with Crippen LogP contribution in [0.1, 0.15) is 30.4 Å². The zero-order valence-corrected chi connectivity index (χ0v) is 8.44. The van der Waals surface area contributed by atoms with E-state index in [1.165, 1.54) is 0 Å². The van der Waals surface area contributed by atoms with Gasteiger partial charge in [0, 0.05) is 17.5 Å². The van der Waals surface area contributed by atoms with E-state index in [-0.39, 0.29) is 0 Å². The Kier molecular flexibility index (Phi) is 1.82. The molecule has 1 fully saturated rings. The molecule has 1 aromatic heterocycles. The number of furan rings is 1. The van der Waals surface area contributed by atoms with E-state index in [0.29, 0.717) is 12.8 Å². The Morgan fingerprint density at radius 2 is 2.27 bits per heavy atom. The topological polar surface area (TPSA) is 53.6 Å². The number of fused-ring (bicyclic) bond motifs is 2. The molecule has 0 bridgehead atoms. The van der Waals surface area contributed by atoms with E-state index in [1.54, 1.807) is 12.5 Å². The molecule has 0 spiro atoms. The number of hydrogen-bond acceptors (Lipinski definition) is 3. The molecule has 1 heterocycles. The molecule has 2 N–H and O–H groups in total. The Bertz CT molecular complexity index is 418. The van der Waals surface area contributed by atoms with E-state index < -0.39 is 11.7 Å². The summed E-state index contributed by atoms with van der Waals surface area (Å²) >= 11 is 0. The van der Waals surface area contributed by atoms with Gasteiger partial charge in [0.15, 0.2) is 0 Å². The van der Waals surface area contributed by atoms with Crippen LogP contribution in [0.3, 0.4) is 0 Å². The van der Waals surface area contributed by atoms with Gasteiger partial charge in [0.2, 0.25) is 0 Å². The fourth-order valence-electron chi connectivity index (χ4n) is 2.67. The summed E-state index contributed by atoms with van der Waals surface area (Å²) in [7, 11) is 0. The highest BCUT2D eigenvalue weighted by Gasteiger charge is 2.44. The second kappa shape index (κ2) is 2.97. The van der Waals surface area contributed by atoms with Crippen molar-refractivity contribution in [1.29, 1.82) is 0 Å². The Morgan fingerprint density at radius 1 is 1.40 bits per heavy atom. The maximum absolute atomic E-state index is 10.5. The van der Waals surface area contributed by atoms with Crippen LogP contribution in [0.25, 0.3) is 6.08 Å². The first-order valence-electron chi connectivity index (χ1n) is 5.37. The molecular formula is C12H14O3. The Labute approximate surface area is 88.0 Å². The largest absolute Gasteiger partial charge is 0.472 e. The van der Waals surface area contributed by atoms with E-state index in [2.05, 4.69) is 0 Å². The van der Waals surface area contributed by atoms with Crippen LogP contribution >= 0.6 is 0 Å². The van der Waals surface area contributed by atoms with Gasteiger partial charge in [0.1, 0.15) is 5.60 Å². The summed E-state index contributed by atoms with van der Waals surface area (Å²) < 4.78 is 5.12. The minimum Gasteiger partial charge on any atom is -0.472 e. The summed E-state index contributed by atoms with van der Waals surface area (Å²) in [5, 5.41) is 20.4. The highest BCUT2D eigenvalue weighted by atomic mass is 16.3. The summed E-state index contributed by atoms with van der Waals surface area (Å²) in [6, 6.07) is 0. The predicted molar refractivity (Wildman–Crippen MR) is 55.2 cm³/mol. The molecule has 3 heteroatoms. The van der Waals surface area contributed by atoms with Crippen LogP contribution in [0.5, 0.6) is 0 Å². The quantitative estimate of drug-likeness (QED) is 0.676. The maximum atomic E-state index is 10.5. The minimum absolute atomic E-state index is 0.478. The lowest BCUT2D eigenvalue weighted by molar-refractivity contribution is -0.0645. The average Bonchev–Trinajstić information content (AvgIpc) is 2.63. The van der Waals surface area contributed by atoms with Crippen LogP contribution in [-0.4, -0.2) is 21.9 Å². The number of hydrogen-bond donors (Lipinski definition) is 2. The lowest BCUT2D eigenvalue weighted by atomic mass is 9.71. The highest BCUT2D eigenvalue weighted by Crippen LogP contribution is 2.41. The van der Waals surface area contributed by atoms with E-state index >= 15 is 0 Å². The predicted octanol–water partition coefficient (Wildman–Crippen LogP) is 1.49. The molecule has 1 aromatic rings. The maximum Gasteiger partial charge on any atom is 0.116 e. The van der Waals surface area contributed by atoms with Crippen LogP contribution in [0.15, 0.2) is 22.5 Å². The van der Waals surface area contributed by atoms with Crippen LogP contribution in [0, 0.1) is 0 Å². The molecule has 2 aliphatic carbocycles. The molecular weight excluding hydrogens is 192 g/mol. The normalized spacial score (nSPS) is 34.3. The molecule has 15 heavy (non-hydrogen) atoms. The van der Waals surface area contributed by atoms with Gasteiger partial charge in [-0.3, -0.25) is 0 Å². The second-order valence-electron chi connectivity index (χ2n) is 4.53. The third kappa shape index (κ3) is 1.20. The number of aliphatic hydroxyl groups is 2. The van der Waals surface area contributed by atoms with Crippen molar-refractivity contribution in [3.05, 3.63) is 29.2 Å². The third-order valence-electron chi connectivity index (χ3n) is 3.60. The van der Waals surface area contributed by atoms with Crippen molar-refractivity contribution in [3.8, 4) is 0 Å². The fraction of sp³-hybridized carbons (Fsp3) is 0.500. The first-order valence-corrected chi connectivity index (χ1v) is 5.37. The Morgan fingerprint density at radius 3 is 3.13 bits per heavy atom. The van der Waals surface area contributed by atoms with E-state index in [1.807, 2.05) is 6.08 Å². The summed E-state index contributed by atoms with van der Waals surface area (Å²) in [4.78, 5) is 0. The van der Waals surface area contributed by atoms with Crippen molar-refractivity contribution in [1.82, 2.24) is 0 Å². The van der Waals surface area contributed by atoms with Crippen molar-refractivity contribution < 1.29 is 14.6 Å². The summed E-state index contributed by atoms with van der Waals surface area (Å²) in [5.74, 6) is 0. The van der Waals surface area contributed by atoms with Crippen molar-refractivity contribution in [3.63, 3.8) is 0 Å². The van der Waals surface area contributed by atoms with Gasteiger partial charge in [-0.1, -0.05) is 0 Å². The van der Waals surface area contributed by atoms with Crippen LogP contribution in [-0.2, 0) is 6.42 Å². The highest BCUT2D eigenvalue weighted by molar-refractivity contribution is 5.62. The molecule has 0 aromatic carbocycles. The SMILES string of the molecule is O[C@H]1CCCC2=Cc3cocc3C[C@]21O. The minimum atomic E-state index is -1.05. The zero-order valence-electron chi connectivity index (χ0n) is 8.44. The Hall–Kier alpha value is -1.06. The van der Waals surface area contributed by atoms with E-state index in [9.17, 15) is 10.2 Å². The van der Waals surface area contributed by atoms with Gasteiger partial charge < -0.3 is 14.6 Å². The van der Waals surface area contributed by atoms with E-state index in [0.717, 1.165) is 29.5 Å². The van der Waals surface area contributed by atoms with E-state index in [4.69, 9.17) is 4.42 Å². The van der Waals surface area contributed by atoms with Crippen LogP contribution in [0.2, 0.25) is 0 Å². The summed E-state index contributed by atoms with van der Waals surface area (Å²) in [6.07, 6.45) is 7.66. The molecule has 0 amide bonds. The first kappa shape index (κ1) is 9.19. The van der Waals surface area contributed by atoms with Crippen molar-refractivity contribution >= 4 is 6.08 Å². The van der Waals surface area contributed by atoms with Crippen molar-refractivity contribution in [2.45, 2.75) is 37.4 Å². The molecule has 80 valence electrons. The number of rotatable bonds is 0.